The fourth-order valence-electron chi connectivity index (χ4n) is 2.99. The van der Waals surface area contributed by atoms with Crippen molar-refractivity contribution in [1.82, 2.24) is 4.90 Å². The van der Waals surface area contributed by atoms with Crippen molar-refractivity contribution in [1.29, 1.82) is 0 Å². The number of thiocarbonyl (C=S) groups is 1. The molecule has 2 aliphatic heterocycles. The van der Waals surface area contributed by atoms with Crippen molar-refractivity contribution in [2.45, 2.75) is 26.3 Å². The molecule has 138 valence electrons. The normalized spacial score (nSPS) is 17.4. The van der Waals surface area contributed by atoms with Gasteiger partial charge in [-0.2, -0.15) is 0 Å². The van der Waals surface area contributed by atoms with E-state index >= 15 is 0 Å². The van der Waals surface area contributed by atoms with Crippen LogP contribution in [0.3, 0.4) is 0 Å². The van der Waals surface area contributed by atoms with Crippen molar-refractivity contribution >= 4 is 40.3 Å². The Kier molecular flexibility index (Phi) is 4.93. The standard InChI is InChI=1S/C21H19NO3S2/c1-13(2)16-6-3-14(4-7-16)10-19-20(23)22(21(26)27-19)11-15-5-8-17-18(9-15)25-12-24-17/h3-10,13H,11-12H2,1-2H3/b19-10-. The maximum Gasteiger partial charge on any atom is 0.266 e. The molecule has 0 radical (unpaired) electrons. The van der Waals surface area contributed by atoms with Gasteiger partial charge in [0.15, 0.2) is 11.5 Å². The van der Waals surface area contributed by atoms with E-state index in [4.69, 9.17) is 21.7 Å². The number of carbonyl (C=O) groups excluding carboxylic acids is 1. The van der Waals surface area contributed by atoms with Crippen LogP contribution in [0.5, 0.6) is 11.5 Å². The zero-order valence-electron chi connectivity index (χ0n) is 15.1. The molecule has 2 heterocycles. The van der Waals surface area contributed by atoms with Gasteiger partial charge in [-0.25, -0.2) is 0 Å². The molecule has 0 saturated carbocycles. The second-order valence-electron chi connectivity index (χ2n) is 6.78. The van der Waals surface area contributed by atoms with E-state index < -0.39 is 0 Å². The molecule has 2 aliphatic rings. The van der Waals surface area contributed by atoms with Crippen LogP contribution in [0.15, 0.2) is 47.4 Å². The summed E-state index contributed by atoms with van der Waals surface area (Å²) < 4.78 is 11.3. The number of ether oxygens (including phenoxy) is 2. The molecule has 0 bridgehead atoms. The van der Waals surface area contributed by atoms with Crippen molar-refractivity contribution in [3.8, 4) is 11.5 Å². The summed E-state index contributed by atoms with van der Waals surface area (Å²) in [5, 5.41) is 0. The highest BCUT2D eigenvalue weighted by Crippen LogP contribution is 2.36. The molecule has 0 aliphatic carbocycles. The van der Waals surface area contributed by atoms with E-state index in [2.05, 4.69) is 26.0 Å². The smallest absolute Gasteiger partial charge is 0.266 e. The van der Waals surface area contributed by atoms with Gasteiger partial charge in [0.2, 0.25) is 6.79 Å². The van der Waals surface area contributed by atoms with Crippen LogP contribution >= 0.6 is 24.0 Å². The maximum atomic E-state index is 12.8. The van der Waals surface area contributed by atoms with E-state index in [1.807, 2.05) is 36.4 Å². The summed E-state index contributed by atoms with van der Waals surface area (Å²) in [5.74, 6) is 1.86. The summed E-state index contributed by atoms with van der Waals surface area (Å²) in [7, 11) is 0. The quantitative estimate of drug-likeness (QED) is 0.540. The first-order valence-corrected chi connectivity index (χ1v) is 9.97. The number of fused-ring (bicyclic) bond motifs is 1. The molecular formula is C21H19NO3S2. The zero-order chi connectivity index (χ0) is 19.0. The minimum Gasteiger partial charge on any atom is -0.454 e. The molecule has 0 spiro atoms. The number of carbonyl (C=O) groups is 1. The van der Waals surface area contributed by atoms with Crippen LogP contribution in [0.25, 0.3) is 6.08 Å². The van der Waals surface area contributed by atoms with Crippen LogP contribution in [0.4, 0.5) is 0 Å². The Morgan fingerprint density at radius 1 is 1.15 bits per heavy atom. The zero-order valence-corrected chi connectivity index (χ0v) is 16.7. The van der Waals surface area contributed by atoms with Gasteiger partial charge in [-0.1, -0.05) is 68.2 Å². The lowest BCUT2D eigenvalue weighted by Gasteiger charge is -2.14. The number of nitrogens with zero attached hydrogens (tertiary/aromatic N) is 1. The molecule has 4 nitrogen and oxygen atoms in total. The Morgan fingerprint density at radius 2 is 1.89 bits per heavy atom. The van der Waals surface area contributed by atoms with E-state index in [1.54, 1.807) is 4.90 Å². The fourth-order valence-corrected chi connectivity index (χ4v) is 4.24. The van der Waals surface area contributed by atoms with Gasteiger partial charge in [-0.05, 0) is 40.8 Å². The molecule has 0 atom stereocenters. The Morgan fingerprint density at radius 3 is 2.63 bits per heavy atom. The predicted molar refractivity (Wildman–Crippen MR) is 112 cm³/mol. The van der Waals surface area contributed by atoms with Crippen molar-refractivity contribution < 1.29 is 14.3 Å². The van der Waals surface area contributed by atoms with Crippen LogP contribution in [0, 0.1) is 0 Å². The van der Waals surface area contributed by atoms with Gasteiger partial charge in [-0.3, -0.25) is 9.69 Å². The largest absolute Gasteiger partial charge is 0.454 e. The first-order chi connectivity index (χ1) is 13.0. The van der Waals surface area contributed by atoms with Crippen molar-refractivity contribution in [2.75, 3.05) is 6.79 Å². The average molecular weight is 398 g/mol. The molecule has 27 heavy (non-hydrogen) atoms. The Hall–Kier alpha value is -2.31. The van der Waals surface area contributed by atoms with Gasteiger partial charge >= 0.3 is 0 Å². The van der Waals surface area contributed by atoms with Crippen LogP contribution in [0.2, 0.25) is 0 Å². The predicted octanol–water partition coefficient (Wildman–Crippen LogP) is 4.94. The van der Waals surface area contributed by atoms with Crippen molar-refractivity contribution in [3.05, 3.63) is 64.1 Å². The number of amides is 1. The minimum absolute atomic E-state index is 0.0596. The third-order valence-electron chi connectivity index (χ3n) is 4.55. The molecule has 1 fully saturated rings. The lowest BCUT2D eigenvalue weighted by atomic mass is 10.0. The van der Waals surface area contributed by atoms with Gasteiger partial charge in [-0.15, -0.1) is 0 Å². The molecule has 0 unspecified atom stereocenters. The summed E-state index contributed by atoms with van der Waals surface area (Å²) in [6, 6.07) is 14.0. The summed E-state index contributed by atoms with van der Waals surface area (Å²) in [4.78, 5) is 15.1. The molecule has 2 aromatic rings. The van der Waals surface area contributed by atoms with Crippen LogP contribution in [0.1, 0.15) is 36.5 Å². The lowest BCUT2D eigenvalue weighted by molar-refractivity contribution is -0.122. The molecule has 0 N–H and O–H groups in total. The van der Waals surface area contributed by atoms with E-state index in [9.17, 15) is 4.79 Å². The Labute approximate surface area is 168 Å². The van der Waals surface area contributed by atoms with Gasteiger partial charge in [0.1, 0.15) is 4.32 Å². The maximum absolute atomic E-state index is 12.8. The first-order valence-electron chi connectivity index (χ1n) is 8.75. The number of benzene rings is 2. The lowest BCUT2D eigenvalue weighted by Crippen LogP contribution is -2.27. The monoisotopic (exact) mass is 397 g/mol. The van der Waals surface area contributed by atoms with Crippen LogP contribution in [-0.2, 0) is 11.3 Å². The molecule has 1 amide bonds. The summed E-state index contributed by atoms with van der Waals surface area (Å²) in [5.41, 5.74) is 3.24. The highest BCUT2D eigenvalue weighted by molar-refractivity contribution is 8.26. The van der Waals surface area contributed by atoms with Crippen molar-refractivity contribution in [3.63, 3.8) is 0 Å². The first kappa shape index (κ1) is 18.1. The van der Waals surface area contributed by atoms with Gasteiger partial charge in [0.25, 0.3) is 5.91 Å². The SMILES string of the molecule is CC(C)c1ccc(/C=C2\SC(=S)N(Cc3ccc4c(c3)OCO4)C2=O)cc1. The van der Waals surface area contributed by atoms with Crippen molar-refractivity contribution in [2.24, 2.45) is 0 Å². The van der Waals surface area contributed by atoms with Gasteiger partial charge in [0.05, 0.1) is 11.4 Å². The highest BCUT2D eigenvalue weighted by atomic mass is 32.2. The van der Waals surface area contributed by atoms with E-state index in [1.165, 1.54) is 17.3 Å². The van der Waals surface area contributed by atoms with Crippen LogP contribution < -0.4 is 9.47 Å². The highest BCUT2D eigenvalue weighted by Gasteiger charge is 2.32. The van der Waals surface area contributed by atoms with E-state index in [-0.39, 0.29) is 12.7 Å². The third-order valence-corrected chi connectivity index (χ3v) is 5.93. The molecule has 4 rings (SSSR count). The molecular weight excluding hydrogens is 378 g/mol. The molecule has 0 aromatic heterocycles. The molecule has 2 aromatic carbocycles. The number of rotatable bonds is 4. The summed E-state index contributed by atoms with van der Waals surface area (Å²) in [6.45, 7) is 4.98. The summed E-state index contributed by atoms with van der Waals surface area (Å²) >= 11 is 6.78. The Balaban J connectivity index is 1.51. The molecule has 1 saturated heterocycles. The van der Waals surface area contributed by atoms with Crippen LogP contribution in [-0.4, -0.2) is 21.9 Å². The molecule has 6 heteroatoms. The van der Waals surface area contributed by atoms with E-state index in [0.29, 0.717) is 27.4 Å². The van der Waals surface area contributed by atoms with E-state index in [0.717, 1.165) is 16.9 Å². The second kappa shape index (κ2) is 7.37. The average Bonchev–Trinajstić information content (AvgIpc) is 3.22. The number of thioether (sulfide) groups is 1. The topological polar surface area (TPSA) is 38.8 Å². The third kappa shape index (κ3) is 3.73. The number of hydrogen-bond acceptors (Lipinski definition) is 5. The second-order valence-corrected chi connectivity index (χ2v) is 8.45. The Bertz CT molecular complexity index is 935. The van der Waals surface area contributed by atoms with Gasteiger partial charge < -0.3 is 9.47 Å². The summed E-state index contributed by atoms with van der Waals surface area (Å²) in [6.07, 6.45) is 1.91. The minimum atomic E-state index is -0.0596. The number of hydrogen-bond donors (Lipinski definition) is 0. The van der Waals surface area contributed by atoms with Gasteiger partial charge in [0, 0.05) is 0 Å². The fraction of sp³-hybridized carbons (Fsp3) is 0.238.